The van der Waals surface area contributed by atoms with E-state index in [0.29, 0.717) is 24.4 Å². The van der Waals surface area contributed by atoms with Gasteiger partial charge >= 0.3 is 0 Å². The molecule has 1 aromatic carbocycles. The number of anilines is 1. The first-order valence-corrected chi connectivity index (χ1v) is 8.16. The van der Waals surface area contributed by atoms with E-state index in [0.717, 1.165) is 10.7 Å². The van der Waals surface area contributed by atoms with Crippen molar-refractivity contribution in [2.24, 2.45) is 5.10 Å². The molecule has 0 unspecified atom stereocenters. The number of thiazole rings is 1. The number of aromatic nitrogens is 1. The van der Waals surface area contributed by atoms with Crippen molar-refractivity contribution in [1.29, 1.82) is 0 Å². The Kier molecular flexibility index (Phi) is 4.47. The number of hydrazone groups is 1. The van der Waals surface area contributed by atoms with E-state index in [1.807, 2.05) is 30.5 Å². The van der Waals surface area contributed by atoms with Crippen LogP contribution in [0.1, 0.15) is 23.5 Å². The highest BCUT2D eigenvalue weighted by atomic mass is 32.1. The SMILES string of the molecule is Cc1csc(CNC(=O)C2=NN(c3ccccc3)C(=O)CC2)n1. The number of aryl methyl sites for hydroxylation is 1. The zero-order valence-electron chi connectivity index (χ0n) is 12.7. The third-order valence-electron chi connectivity index (χ3n) is 3.36. The number of amides is 2. The molecule has 0 bridgehead atoms. The van der Waals surface area contributed by atoms with Crippen molar-refractivity contribution in [3.05, 3.63) is 46.4 Å². The van der Waals surface area contributed by atoms with Crippen molar-refractivity contribution in [2.75, 3.05) is 5.01 Å². The Balaban J connectivity index is 1.71. The minimum Gasteiger partial charge on any atom is -0.344 e. The number of hydrogen-bond acceptors (Lipinski definition) is 5. The molecule has 0 radical (unpaired) electrons. The van der Waals surface area contributed by atoms with Crippen LogP contribution in [-0.4, -0.2) is 22.5 Å². The average molecular weight is 328 g/mol. The smallest absolute Gasteiger partial charge is 0.267 e. The fraction of sp³-hybridized carbons (Fsp3) is 0.250. The van der Waals surface area contributed by atoms with E-state index in [4.69, 9.17) is 0 Å². The Labute approximate surface area is 137 Å². The van der Waals surface area contributed by atoms with Crippen molar-refractivity contribution in [3.8, 4) is 0 Å². The van der Waals surface area contributed by atoms with Crippen LogP contribution in [0.15, 0.2) is 40.8 Å². The molecule has 2 aromatic rings. The molecular weight excluding hydrogens is 312 g/mol. The van der Waals surface area contributed by atoms with Crippen LogP contribution in [0.25, 0.3) is 0 Å². The summed E-state index contributed by atoms with van der Waals surface area (Å²) >= 11 is 1.51. The number of hydrogen-bond donors (Lipinski definition) is 1. The molecule has 2 amide bonds. The van der Waals surface area contributed by atoms with Crippen molar-refractivity contribution >= 4 is 34.6 Å². The number of rotatable bonds is 4. The van der Waals surface area contributed by atoms with E-state index in [-0.39, 0.29) is 18.2 Å². The molecule has 1 aromatic heterocycles. The second kappa shape index (κ2) is 6.70. The quantitative estimate of drug-likeness (QED) is 0.935. The van der Waals surface area contributed by atoms with Crippen LogP contribution in [0.2, 0.25) is 0 Å². The molecule has 1 aliphatic heterocycles. The number of carbonyl (C=O) groups is 2. The van der Waals surface area contributed by atoms with E-state index >= 15 is 0 Å². The molecule has 6 nitrogen and oxygen atoms in total. The summed E-state index contributed by atoms with van der Waals surface area (Å²) in [6, 6.07) is 9.11. The van der Waals surface area contributed by atoms with E-state index in [2.05, 4.69) is 15.4 Å². The minimum atomic E-state index is -0.258. The van der Waals surface area contributed by atoms with Gasteiger partial charge in [0.1, 0.15) is 10.7 Å². The van der Waals surface area contributed by atoms with Gasteiger partial charge in [0.15, 0.2) is 0 Å². The molecule has 0 fully saturated rings. The molecular formula is C16H16N4O2S. The number of benzene rings is 1. The highest BCUT2D eigenvalue weighted by Crippen LogP contribution is 2.19. The van der Waals surface area contributed by atoms with Gasteiger partial charge in [0, 0.05) is 23.9 Å². The molecule has 0 spiro atoms. The van der Waals surface area contributed by atoms with Crippen LogP contribution in [-0.2, 0) is 16.1 Å². The number of carbonyl (C=O) groups excluding carboxylic acids is 2. The summed E-state index contributed by atoms with van der Waals surface area (Å²) in [5.74, 6) is -0.366. The van der Waals surface area contributed by atoms with Crippen molar-refractivity contribution in [2.45, 2.75) is 26.3 Å². The first kappa shape index (κ1) is 15.4. The molecule has 0 aliphatic carbocycles. The zero-order chi connectivity index (χ0) is 16.2. The van der Waals surface area contributed by atoms with Crippen molar-refractivity contribution in [1.82, 2.24) is 10.3 Å². The third-order valence-corrected chi connectivity index (χ3v) is 4.33. The van der Waals surface area contributed by atoms with Crippen molar-refractivity contribution < 1.29 is 9.59 Å². The number of nitrogens with zero attached hydrogens (tertiary/aromatic N) is 3. The maximum Gasteiger partial charge on any atom is 0.267 e. The fourth-order valence-electron chi connectivity index (χ4n) is 2.23. The summed E-state index contributed by atoms with van der Waals surface area (Å²) in [4.78, 5) is 28.6. The minimum absolute atomic E-state index is 0.108. The lowest BCUT2D eigenvalue weighted by atomic mass is 10.1. The molecule has 1 aliphatic rings. The van der Waals surface area contributed by atoms with Gasteiger partial charge in [-0.05, 0) is 19.1 Å². The monoisotopic (exact) mass is 328 g/mol. The maximum atomic E-state index is 12.3. The van der Waals surface area contributed by atoms with Crippen LogP contribution >= 0.6 is 11.3 Å². The van der Waals surface area contributed by atoms with Gasteiger partial charge in [-0.2, -0.15) is 5.10 Å². The lowest BCUT2D eigenvalue weighted by Gasteiger charge is -2.23. The van der Waals surface area contributed by atoms with E-state index in [1.54, 1.807) is 12.1 Å². The number of para-hydroxylation sites is 1. The van der Waals surface area contributed by atoms with Gasteiger partial charge in [0.2, 0.25) is 5.91 Å². The largest absolute Gasteiger partial charge is 0.344 e. The second-order valence-corrected chi connectivity index (χ2v) is 6.10. The lowest BCUT2D eigenvalue weighted by molar-refractivity contribution is -0.119. The number of nitrogens with one attached hydrogen (secondary N) is 1. The molecule has 1 N–H and O–H groups in total. The van der Waals surface area contributed by atoms with E-state index in [9.17, 15) is 9.59 Å². The van der Waals surface area contributed by atoms with Gasteiger partial charge in [0.25, 0.3) is 5.91 Å². The van der Waals surface area contributed by atoms with Gasteiger partial charge in [-0.15, -0.1) is 11.3 Å². The third kappa shape index (κ3) is 3.62. The predicted octanol–water partition coefficient (Wildman–Crippen LogP) is 2.25. The maximum absolute atomic E-state index is 12.3. The first-order valence-electron chi connectivity index (χ1n) is 7.28. The van der Waals surface area contributed by atoms with Gasteiger partial charge in [-0.25, -0.2) is 9.99 Å². The van der Waals surface area contributed by atoms with Crippen LogP contribution in [0.4, 0.5) is 5.69 Å². The Morgan fingerprint density at radius 2 is 2.09 bits per heavy atom. The standard InChI is InChI=1S/C16H16N4O2S/c1-11-10-23-14(18-11)9-17-16(22)13-7-8-15(21)20(19-13)12-5-3-2-4-6-12/h2-6,10H,7-9H2,1H3,(H,17,22). The molecule has 2 heterocycles. The Morgan fingerprint density at radius 1 is 1.30 bits per heavy atom. The molecule has 23 heavy (non-hydrogen) atoms. The second-order valence-electron chi connectivity index (χ2n) is 5.15. The van der Waals surface area contributed by atoms with Crippen LogP contribution in [0.3, 0.4) is 0 Å². The highest BCUT2D eigenvalue weighted by molar-refractivity contribution is 7.09. The van der Waals surface area contributed by atoms with Gasteiger partial charge in [0.05, 0.1) is 12.2 Å². The molecule has 0 saturated heterocycles. The van der Waals surface area contributed by atoms with Gasteiger partial charge in [-0.1, -0.05) is 18.2 Å². The normalized spacial score (nSPS) is 14.6. The Hall–Kier alpha value is -2.54. The Bertz CT molecular complexity index is 754. The predicted molar refractivity (Wildman–Crippen MR) is 89.3 cm³/mol. The van der Waals surface area contributed by atoms with E-state index in [1.165, 1.54) is 16.3 Å². The summed E-state index contributed by atoms with van der Waals surface area (Å²) in [6.07, 6.45) is 0.627. The van der Waals surface area contributed by atoms with E-state index < -0.39 is 0 Å². The summed E-state index contributed by atoms with van der Waals surface area (Å²) in [6.45, 7) is 2.28. The summed E-state index contributed by atoms with van der Waals surface area (Å²) < 4.78 is 0. The zero-order valence-corrected chi connectivity index (χ0v) is 13.5. The molecule has 3 rings (SSSR count). The Morgan fingerprint density at radius 3 is 2.78 bits per heavy atom. The molecule has 0 saturated carbocycles. The lowest BCUT2D eigenvalue weighted by Crippen LogP contribution is -2.38. The van der Waals surface area contributed by atoms with Crippen LogP contribution < -0.4 is 10.3 Å². The van der Waals surface area contributed by atoms with Gasteiger partial charge in [-0.3, -0.25) is 9.59 Å². The summed E-state index contributed by atoms with van der Waals surface area (Å²) in [7, 11) is 0. The fourth-order valence-corrected chi connectivity index (χ4v) is 2.94. The summed E-state index contributed by atoms with van der Waals surface area (Å²) in [5, 5.41) is 11.1. The summed E-state index contributed by atoms with van der Waals surface area (Å²) in [5.41, 5.74) is 1.97. The van der Waals surface area contributed by atoms with Crippen LogP contribution in [0, 0.1) is 6.92 Å². The average Bonchev–Trinajstić information content (AvgIpc) is 2.99. The molecule has 118 valence electrons. The van der Waals surface area contributed by atoms with Gasteiger partial charge < -0.3 is 5.32 Å². The highest BCUT2D eigenvalue weighted by Gasteiger charge is 2.25. The van der Waals surface area contributed by atoms with Crippen LogP contribution in [0.5, 0.6) is 0 Å². The topological polar surface area (TPSA) is 74.7 Å². The first-order chi connectivity index (χ1) is 11.1. The molecule has 7 heteroatoms. The molecule has 0 atom stereocenters. The van der Waals surface area contributed by atoms with Crippen molar-refractivity contribution in [3.63, 3.8) is 0 Å².